The maximum Gasteiger partial charge on any atom is 2.00 e. The molecule has 0 N–H and O–H groups in total. The van der Waals surface area contributed by atoms with Crippen molar-refractivity contribution >= 4 is 23.9 Å². The Bertz CT molecular complexity index is 787. The summed E-state index contributed by atoms with van der Waals surface area (Å²) < 4.78 is 9.50. The van der Waals surface area contributed by atoms with E-state index in [0.717, 1.165) is 12.2 Å². The number of aliphatic carboxylic acids is 2. The van der Waals surface area contributed by atoms with Crippen LogP contribution in [-0.2, 0) is 46.8 Å². The molecule has 29 heavy (non-hydrogen) atoms. The molecule has 0 amide bonds. The van der Waals surface area contributed by atoms with Crippen LogP contribution in [0, 0.1) is 0 Å². The predicted molar refractivity (Wildman–Crippen MR) is 92.4 cm³/mol. The number of para-hydroxylation sites is 2. The van der Waals surface area contributed by atoms with Gasteiger partial charge in [0.05, 0.1) is 11.9 Å². The Hall–Kier alpha value is -3.26. The normalized spacial score (nSPS) is 9.66. The molecule has 0 heterocycles. The molecule has 0 bridgehead atoms. The molecule has 0 aliphatic carbocycles. The summed E-state index contributed by atoms with van der Waals surface area (Å²) in [5.41, 5.74) is 0. The van der Waals surface area contributed by atoms with Crippen molar-refractivity contribution in [3.63, 3.8) is 0 Å². The first-order chi connectivity index (χ1) is 13.4. The van der Waals surface area contributed by atoms with E-state index in [-0.39, 0.29) is 27.7 Å². The quantitative estimate of drug-likeness (QED) is 0.198. The summed E-state index contributed by atoms with van der Waals surface area (Å²) in [5.74, 6) is -3.65. The van der Waals surface area contributed by atoms with Gasteiger partial charge in [0.2, 0.25) is 0 Å². The number of carboxylic acids is 2. The fourth-order valence-electron chi connectivity index (χ4n) is 1.55. The smallest absolute Gasteiger partial charge is 0.545 e. The summed E-state index contributed by atoms with van der Waals surface area (Å²) in [6.45, 7) is 0. The number of carbonyl (C=O) groups excluding carboxylic acids is 4. The first-order valence-corrected chi connectivity index (χ1v) is 7.68. The molecule has 0 aliphatic rings. The summed E-state index contributed by atoms with van der Waals surface area (Å²) in [4.78, 5) is 41.7. The Balaban J connectivity index is 0.000000523. The third-order valence-electron chi connectivity index (χ3n) is 2.63. The molecule has 0 radical (unpaired) electrons. The average Bonchev–Trinajstić information content (AvgIpc) is 2.67. The van der Waals surface area contributed by atoms with Crippen LogP contribution in [0.4, 0.5) is 0 Å². The fourth-order valence-corrected chi connectivity index (χ4v) is 1.55. The summed E-state index contributed by atoms with van der Waals surface area (Å²) >= 11 is 0. The van der Waals surface area contributed by atoms with E-state index in [2.05, 4.69) is 0 Å². The SMILES string of the molecule is O=C([O-])/C=C\C(=O)Oc1ccccc1.O=C([O-])/C=C\C(=O)Oc1ccccc1.[Hg+2]. The zero-order valence-corrected chi connectivity index (χ0v) is 20.6. The van der Waals surface area contributed by atoms with E-state index in [1.165, 1.54) is 0 Å². The van der Waals surface area contributed by atoms with E-state index in [1.807, 2.05) is 0 Å². The second-order valence-electron chi connectivity index (χ2n) is 4.77. The number of hydrogen-bond acceptors (Lipinski definition) is 8. The van der Waals surface area contributed by atoms with Crippen LogP contribution in [0.3, 0.4) is 0 Å². The minimum absolute atomic E-state index is 0. The van der Waals surface area contributed by atoms with E-state index in [9.17, 15) is 29.4 Å². The largest absolute Gasteiger partial charge is 2.00 e. The minimum Gasteiger partial charge on any atom is -0.545 e. The van der Waals surface area contributed by atoms with E-state index >= 15 is 0 Å². The Morgan fingerprint density at radius 2 is 0.897 bits per heavy atom. The van der Waals surface area contributed by atoms with Crippen molar-refractivity contribution in [2.24, 2.45) is 0 Å². The molecule has 0 aliphatic heterocycles. The Morgan fingerprint density at radius 3 is 1.17 bits per heavy atom. The minimum atomic E-state index is -1.44. The van der Waals surface area contributed by atoms with Crippen molar-refractivity contribution in [3.8, 4) is 11.5 Å². The Kier molecular flexibility index (Phi) is 13.1. The number of carboxylic acid groups (broad SMARTS) is 2. The topological polar surface area (TPSA) is 133 Å². The van der Waals surface area contributed by atoms with Crippen LogP contribution in [0.25, 0.3) is 0 Å². The van der Waals surface area contributed by atoms with Gasteiger partial charge in [-0.25, -0.2) is 9.59 Å². The van der Waals surface area contributed by atoms with Crippen LogP contribution in [0.15, 0.2) is 85.0 Å². The van der Waals surface area contributed by atoms with Gasteiger partial charge in [-0.3, -0.25) is 0 Å². The Morgan fingerprint density at radius 1 is 0.586 bits per heavy atom. The van der Waals surface area contributed by atoms with Gasteiger partial charge in [-0.2, -0.15) is 0 Å². The zero-order chi connectivity index (χ0) is 20.8. The molecule has 9 heteroatoms. The maximum absolute atomic E-state index is 10.9. The van der Waals surface area contributed by atoms with Gasteiger partial charge in [0.25, 0.3) is 0 Å². The average molecular weight is 583 g/mol. The summed E-state index contributed by atoms with van der Waals surface area (Å²) in [6.07, 6.45) is 2.82. The van der Waals surface area contributed by atoms with Crippen molar-refractivity contribution in [2.75, 3.05) is 0 Å². The van der Waals surface area contributed by atoms with Gasteiger partial charge in [-0.1, -0.05) is 36.4 Å². The van der Waals surface area contributed by atoms with E-state index in [0.29, 0.717) is 23.7 Å². The second kappa shape index (κ2) is 14.8. The first-order valence-electron chi connectivity index (χ1n) is 7.68. The molecule has 0 unspecified atom stereocenters. The molecule has 0 aromatic heterocycles. The maximum atomic E-state index is 10.9. The van der Waals surface area contributed by atoms with Crippen LogP contribution >= 0.6 is 0 Å². The number of rotatable bonds is 6. The first kappa shape index (κ1) is 25.7. The van der Waals surface area contributed by atoms with E-state index < -0.39 is 23.9 Å². The van der Waals surface area contributed by atoms with Gasteiger partial charge in [-0.05, 0) is 36.4 Å². The second-order valence-corrected chi connectivity index (χ2v) is 4.77. The fraction of sp³-hybridized carbons (Fsp3) is 0. The third-order valence-corrected chi connectivity index (χ3v) is 2.63. The molecule has 0 saturated carbocycles. The number of esters is 2. The van der Waals surface area contributed by atoms with Gasteiger partial charge < -0.3 is 29.3 Å². The number of benzene rings is 2. The summed E-state index contributed by atoms with van der Waals surface area (Å²) in [7, 11) is 0. The van der Waals surface area contributed by atoms with Crippen LogP contribution in [0.5, 0.6) is 11.5 Å². The van der Waals surface area contributed by atoms with Crippen molar-refractivity contribution in [1.29, 1.82) is 0 Å². The molecule has 0 saturated heterocycles. The van der Waals surface area contributed by atoms with Crippen molar-refractivity contribution in [2.45, 2.75) is 0 Å². The monoisotopic (exact) mass is 584 g/mol. The molecule has 2 rings (SSSR count). The van der Waals surface area contributed by atoms with E-state index in [1.54, 1.807) is 60.7 Å². The molecule has 0 spiro atoms. The molecule has 8 nitrogen and oxygen atoms in total. The molecule has 0 atom stereocenters. The molecule has 0 fully saturated rings. The van der Waals surface area contributed by atoms with E-state index in [4.69, 9.17) is 9.47 Å². The van der Waals surface area contributed by atoms with Crippen LogP contribution < -0.4 is 19.7 Å². The number of ether oxygens (including phenoxy) is 2. The van der Waals surface area contributed by atoms with Gasteiger partial charge in [-0.15, -0.1) is 0 Å². The molecule has 2 aromatic rings. The molecule has 2 aromatic carbocycles. The summed E-state index contributed by atoms with van der Waals surface area (Å²) in [6, 6.07) is 16.7. The van der Waals surface area contributed by atoms with Gasteiger partial charge in [0.1, 0.15) is 11.5 Å². The van der Waals surface area contributed by atoms with Crippen LogP contribution in [-0.4, -0.2) is 23.9 Å². The molecular formula is C20H14HgO8. The van der Waals surface area contributed by atoms with Gasteiger partial charge in [0.15, 0.2) is 0 Å². The third kappa shape index (κ3) is 13.5. The summed E-state index contributed by atoms with van der Waals surface area (Å²) in [5, 5.41) is 19.9. The van der Waals surface area contributed by atoms with Crippen LogP contribution in [0.1, 0.15) is 0 Å². The molecular weight excluding hydrogens is 569 g/mol. The standard InChI is InChI=1S/2C10H8O4.Hg/c2*11-9(12)6-7-10(13)14-8-4-2-1-3-5-8;/h2*1-7H,(H,11,12);/q;;+2/p-2/b2*7-6-;. The molecule has 144 valence electrons. The number of hydrogen-bond donors (Lipinski definition) is 0. The van der Waals surface area contributed by atoms with Crippen molar-refractivity contribution in [1.82, 2.24) is 0 Å². The predicted octanol–water partition coefficient (Wildman–Crippen LogP) is -0.206. The number of carbonyl (C=O) groups is 4. The van der Waals surface area contributed by atoms with Gasteiger partial charge >= 0.3 is 39.6 Å². The Labute approximate surface area is 186 Å². The zero-order valence-electron chi connectivity index (χ0n) is 15.1. The van der Waals surface area contributed by atoms with Gasteiger partial charge in [0, 0.05) is 12.2 Å². The van der Waals surface area contributed by atoms with Crippen LogP contribution in [0.2, 0.25) is 0 Å². The van der Waals surface area contributed by atoms with Crippen molar-refractivity contribution in [3.05, 3.63) is 85.0 Å². The van der Waals surface area contributed by atoms with Crippen molar-refractivity contribution < 1.29 is 66.5 Å².